The molecule has 196 valence electrons. The van der Waals surface area contributed by atoms with Crippen LogP contribution in [0, 0.1) is 0 Å². The van der Waals surface area contributed by atoms with Crippen LogP contribution in [-0.2, 0) is 29.1 Å². The Bertz CT molecular complexity index is 1240. The molecule has 0 aromatic carbocycles. The molecule has 2 fully saturated rings. The van der Waals surface area contributed by atoms with E-state index in [4.69, 9.17) is 16.3 Å². The Labute approximate surface area is 223 Å². The van der Waals surface area contributed by atoms with Crippen molar-refractivity contribution in [3.8, 4) is 9.75 Å². The van der Waals surface area contributed by atoms with Gasteiger partial charge in [0, 0.05) is 29.4 Å². The smallest absolute Gasteiger partial charge is 0.321 e. The molecule has 2 atom stereocenters. The van der Waals surface area contributed by atoms with Gasteiger partial charge in [0.1, 0.15) is 22.8 Å². The minimum absolute atomic E-state index is 0.00890. The van der Waals surface area contributed by atoms with Crippen LogP contribution in [0.3, 0.4) is 0 Å². The molecule has 2 saturated heterocycles. The molecule has 2 aromatic rings. The molecule has 2 amide bonds. The lowest BCUT2D eigenvalue weighted by molar-refractivity contribution is -0.145. The van der Waals surface area contributed by atoms with Gasteiger partial charge in [-0.25, -0.2) is 8.42 Å². The van der Waals surface area contributed by atoms with Gasteiger partial charge in [0.05, 0.1) is 11.4 Å². The molecule has 2 aliphatic heterocycles. The van der Waals surface area contributed by atoms with Crippen LogP contribution in [0.15, 0.2) is 28.5 Å². The maximum atomic E-state index is 13.7. The lowest BCUT2D eigenvalue weighted by Gasteiger charge is -2.33. The van der Waals surface area contributed by atoms with E-state index in [1.54, 1.807) is 30.0 Å². The molecule has 0 N–H and O–H groups in total. The normalized spacial score (nSPS) is 19.7. The molecule has 13 heteroatoms. The Morgan fingerprint density at radius 3 is 2.42 bits per heavy atom. The lowest BCUT2D eigenvalue weighted by Crippen LogP contribution is -2.52. The second-order valence-electron chi connectivity index (χ2n) is 8.75. The maximum absolute atomic E-state index is 13.7. The standard InChI is InChI=1S/C23H28ClN3O6S3/c1-15(22(29)25-11-4-3-5-12-25)26-13-10-16(23(26)30)27(14-20(28)33-2)36(31,32)21-9-7-18(35-21)17-6-8-19(24)34-17/h6-9,15-16H,3-5,10-14H2,1-2H3/t15-,16-/m0/s1. The minimum Gasteiger partial charge on any atom is -0.468 e. The van der Waals surface area contributed by atoms with Gasteiger partial charge in [-0.15, -0.1) is 22.7 Å². The van der Waals surface area contributed by atoms with E-state index in [1.165, 1.54) is 29.4 Å². The molecule has 2 aromatic heterocycles. The fourth-order valence-corrected chi connectivity index (χ4v) is 8.68. The van der Waals surface area contributed by atoms with Gasteiger partial charge in [0.15, 0.2) is 0 Å². The molecular weight excluding hydrogens is 546 g/mol. The number of likely N-dealkylation sites (tertiary alicyclic amines) is 2. The van der Waals surface area contributed by atoms with Crippen molar-refractivity contribution >= 4 is 62.1 Å². The zero-order chi connectivity index (χ0) is 26.0. The third-order valence-electron chi connectivity index (χ3n) is 6.52. The van der Waals surface area contributed by atoms with Crippen molar-refractivity contribution in [2.45, 2.75) is 48.9 Å². The van der Waals surface area contributed by atoms with Gasteiger partial charge >= 0.3 is 5.97 Å². The summed E-state index contributed by atoms with van der Waals surface area (Å²) in [5, 5.41) is 0. The Hall–Kier alpha value is -1.99. The van der Waals surface area contributed by atoms with Crippen molar-refractivity contribution in [3.05, 3.63) is 28.6 Å². The van der Waals surface area contributed by atoms with Crippen molar-refractivity contribution in [1.82, 2.24) is 14.1 Å². The molecule has 0 aliphatic carbocycles. The van der Waals surface area contributed by atoms with Gasteiger partial charge in [-0.1, -0.05) is 11.6 Å². The number of thiophene rings is 2. The third-order valence-corrected chi connectivity index (χ3v) is 11.4. The number of rotatable bonds is 8. The lowest BCUT2D eigenvalue weighted by atomic mass is 10.1. The van der Waals surface area contributed by atoms with E-state index in [2.05, 4.69) is 0 Å². The van der Waals surface area contributed by atoms with Crippen molar-refractivity contribution in [1.29, 1.82) is 0 Å². The molecule has 0 spiro atoms. The van der Waals surface area contributed by atoms with Gasteiger partial charge < -0.3 is 14.5 Å². The Morgan fingerprint density at radius 1 is 1.11 bits per heavy atom. The van der Waals surface area contributed by atoms with E-state index in [0.29, 0.717) is 22.3 Å². The Morgan fingerprint density at radius 2 is 1.78 bits per heavy atom. The van der Waals surface area contributed by atoms with Crippen LogP contribution >= 0.6 is 34.3 Å². The number of methoxy groups -OCH3 is 1. The van der Waals surface area contributed by atoms with E-state index >= 15 is 0 Å². The number of hydrogen-bond donors (Lipinski definition) is 0. The maximum Gasteiger partial charge on any atom is 0.321 e. The first kappa shape index (κ1) is 27.1. The summed E-state index contributed by atoms with van der Waals surface area (Å²) in [6.07, 6.45) is 3.11. The van der Waals surface area contributed by atoms with Gasteiger partial charge in [-0.2, -0.15) is 4.31 Å². The van der Waals surface area contributed by atoms with E-state index in [0.717, 1.165) is 39.8 Å². The third kappa shape index (κ3) is 5.47. The number of amides is 2. The summed E-state index contributed by atoms with van der Waals surface area (Å²) in [5.41, 5.74) is 0. The van der Waals surface area contributed by atoms with E-state index in [9.17, 15) is 22.8 Å². The minimum atomic E-state index is -4.21. The van der Waals surface area contributed by atoms with Crippen LogP contribution in [0.5, 0.6) is 0 Å². The molecule has 0 unspecified atom stereocenters. The number of esters is 1. The number of hydrogen-bond acceptors (Lipinski definition) is 8. The molecular formula is C23H28ClN3O6S3. The number of nitrogens with zero attached hydrogens (tertiary/aromatic N) is 3. The second kappa shape index (κ2) is 11.2. The number of sulfonamides is 1. The average Bonchev–Trinajstić information content (AvgIpc) is 3.62. The molecule has 36 heavy (non-hydrogen) atoms. The monoisotopic (exact) mass is 573 g/mol. The molecule has 0 saturated carbocycles. The van der Waals surface area contributed by atoms with E-state index in [1.807, 2.05) is 0 Å². The topological polar surface area (TPSA) is 104 Å². The highest BCUT2D eigenvalue weighted by Crippen LogP contribution is 2.38. The summed E-state index contributed by atoms with van der Waals surface area (Å²) in [4.78, 5) is 43.4. The van der Waals surface area contributed by atoms with Crippen molar-refractivity contribution in [3.63, 3.8) is 0 Å². The number of carbonyl (C=O) groups is 3. The first-order chi connectivity index (χ1) is 17.1. The summed E-state index contributed by atoms with van der Waals surface area (Å²) < 4.78 is 33.6. The zero-order valence-electron chi connectivity index (χ0n) is 20.0. The molecule has 0 radical (unpaired) electrons. The fourth-order valence-electron chi connectivity index (χ4n) is 4.56. The first-order valence-electron chi connectivity index (χ1n) is 11.7. The van der Waals surface area contributed by atoms with Crippen LogP contribution in [-0.4, -0.2) is 85.7 Å². The van der Waals surface area contributed by atoms with Gasteiger partial charge in [0.2, 0.25) is 11.8 Å². The molecule has 2 aliphatic rings. The molecule has 4 heterocycles. The largest absolute Gasteiger partial charge is 0.468 e. The van der Waals surface area contributed by atoms with Crippen molar-refractivity contribution in [2.24, 2.45) is 0 Å². The van der Waals surface area contributed by atoms with Gasteiger partial charge in [0.25, 0.3) is 10.0 Å². The summed E-state index contributed by atoms with van der Waals surface area (Å²) in [5.74, 6) is -1.39. The number of piperidine rings is 1. The molecule has 9 nitrogen and oxygen atoms in total. The summed E-state index contributed by atoms with van der Waals surface area (Å²) in [7, 11) is -3.05. The van der Waals surface area contributed by atoms with Crippen molar-refractivity contribution < 1.29 is 27.5 Å². The first-order valence-corrected chi connectivity index (χ1v) is 15.1. The highest BCUT2D eigenvalue weighted by molar-refractivity contribution is 7.91. The van der Waals surface area contributed by atoms with Gasteiger partial charge in [-0.05, 0) is 56.9 Å². The molecule has 0 bridgehead atoms. The number of ether oxygens (including phenoxy) is 1. The Kier molecular flexibility index (Phi) is 8.40. The zero-order valence-corrected chi connectivity index (χ0v) is 23.2. The summed E-state index contributed by atoms with van der Waals surface area (Å²) >= 11 is 8.39. The quantitative estimate of drug-likeness (QED) is 0.449. The van der Waals surface area contributed by atoms with Crippen LogP contribution in [0.1, 0.15) is 32.6 Å². The highest BCUT2D eigenvalue weighted by atomic mass is 35.5. The summed E-state index contributed by atoms with van der Waals surface area (Å²) in [6, 6.07) is 4.87. The Balaban J connectivity index is 1.58. The molecule has 4 rings (SSSR count). The van der Waals surface area contributed by atoms with Crippen molar-refractivity contribution in [2.75, 3.05) is 33.3 Å². The van der Waals surface area contributed by atoms with E-state index in [-0.39, 0.29) is 23.1 Å². The van der Waals surface area contributed by atoms with Crippen LogP contribution < -0.4 is 0 Å². The highest BCUT2D eigenvalue weighted by Gasteiger charge is 2.46. The second-order valence-corrected chi connectivity index (χ2v) is 13.7. The number of carbonyl (C=O) groups excluding carboxylic acids is 3. The van der Waals surface area contributed by atoms with E-state index < -0.39 is 40.5 Å². The van der Waals surface area contributed by atoms with Gasteiger partial charge in [-0.3, -0.25) is 14.4 Å². The predicted octanol–water partition coefficient (Wildman–Crippen LogP) is 3.30. The van der Waals surface area contributed by atoms with Crippen LogP contribution in [0.25, 0.3) is 9.75 Å². The predicted molar refractivity (Wildman–Crippen MR) is 139 cm³/mol. The number of halogens is 1. The SMILES string of the molecule is COC(=O)CN([C@H]1CCN([C@@H](C)C(=O)N2CCCCC2)C1=O)S(=O)(=O)c1ccc(-c2ccc(Cl)s2)s1. The van der Waals surface area contributed by atoms with Crippen LogP contribution in [0.2, 0.25) is 4.34 Å². The summed E-state index contributed by atoms with van der Waals surface area (Å²) in [6.45, 7) is 2.62. The average molecular weight is 574 g/mol. The van der Waals surface area contributed by atoms with Crippen LogP contribution in [0.4, 0.5) is 0 Å². The fraction of sp³-hybridized carbons (Fsp3) is 0.522.